The number of carbonyl (C=O) groups is 1. The van der Waals surface area contributed by atoms with E-state index in [1.54, 1.807) is 0 Å². The average Bonchev–Trinajstić information content (AvgIpc) is 2.72. The summed E-state index contributed by atoms with van der Waals surface area (Å²) in [5.41, 5.74) is -0.140. The molecule has 0 radical (unpaired) electrons. The molecule has 19 heavy (non-hydrogen) atoms. The number of piperidine rings is 1. The zero-order chi connectivity index (χ0) is 13.3. The molecule has 2 rings (SSSR count). The first-order chi connectivity index (χ1) is 8.37. The lowest BCUT2D eigenvalue weighted by Crippen LogP contribution is -2.55. The molecule has 2 heterocycles. The highest BCUT2D eigenvalue weighted by atomic mass is 35.5. The maximum absolute atomic E-state index is 12.2. The highest BCUT2D eigenvalue weighted by Gasteiger charge is 2.36. The first kappa shape index (κ1) is 16.7. The largest absolute Gasteiger partial charge is 0.350 e. The molecule has 3 unspecified atom stereocenters. The zero-order valence-corrected chi connectivity index (χ0v) is 13.3. The van der Waals surface area contributed by atoms with E-state index in [1.165, 1.54) is 12.8 Å². The zero-order valence-electron chi connectivity index (χ0n) is 12.5. The lowest BCUT2D eigenvalue weighted by molar-refractivity contribution is -0.128. The first-order valence-corrected chi connectivity index (χ1v) is 7.16. The molecule has 0 saturated carbocycles. The Morgan fingerprint density at radius 1 is 1.37 bits per heavy atom. The van der Waals surface area contributed by atoms with Crippen LogP contribution in [0.2, 0.25) is 0 Å². The van der Waals surface area contributed by atoms with Gasteiger partial charge in [0.1, 0.15) is 0 Å². The maximum atomic E-state index is 12.2. The lowest BCUT2D eigenvalue weighted by Gasteiger charge is -2.38. The molecule has 0 aliphatic carbocycles. The van der Waals surface area contributed by atoms with Crippen molar-refractivity contribution < 1.29 is 4.79 Å². The molecule has 1 amide bonds. The van der Waals surface area contributed by atoms with Crippen LogP contribution >= 0.6 is 12.4 Å². The van der Waals surface area contributed by atoms with Gasteiger partial charge in [-0.1, -0.05) is 0 Å². The van der Waals surface area contributed by atoms with Gasteiger partial charge in [0.2, 0.25) is 5.91 Å². The first-order valence-electron chi connectivity index (χ1n) is 7.16. The number of carbonyl (C=O) groups excluding carboxylic acids is 1. The number of hydrogen-bond donors (Lipinski definition) is 2. The average molecular weight is 290 g/mol. The lowest BCUT2D eigenvalue weighted by atomic mass is 9.92. The summed E-state index contributed by atoms with van der Waals surface area (Å²) in [6.07, 6.45) is 2.44. The van der Waals surface area contributed by atoms with Crippen molar-refractivity contribution in [2.75, 3.05) is 19.6 Å². The minimum atomic E-state index is -0.140. The molecule has 0 aromatic heterocycles. The Balaban J connectivity index is 0.00000180. The molecule has 3 atom stereocenters. The van der Waals surface area contributed by atoms with Crippen molar-refractivity contribution in [1.29, 1.82) is 0 Å². The molecular weight excluding hydrogens is 262 g/mol. The predicted molar refractivity (Wildman–Crippen MR) is 80.7 cm³/mol. The number of nitrogens with zero attached hydrogens (tertiary/aromatic N) is 1. The Kier molecular flexibility index (Phi) is 5.65. The van der Waals surface area contributed by atoms with Gasteiger partial charge in [-0.25, -0.2) is 0 Å². The van der Waals surface area contributed by atoms with E-state index in [1.807, 2.05) is 27.7 Å². The molecule has 2 fully saturated rings. The van der Waals surface area contributed by atoms with E-state index in [4.69, 9.17) is 0 Å². The van der Waals surface area contributed by atoms with Crippen LogP contribution in [0.15, 0.2) is 0 Å². The van der Waals surface area contributed by atoms with Crippen LogP contribution in [0, 0.1) is 5.92 Å². The minimum absolute atomic E-state index is 0. The second kappa shape index (κ2) is 6.42. The SMILES string of the molecule is CC(C(=O)NC(C)(C)C)N1CCC2NCCC2C1.Cl. The Morgan fingerprint density at radius 2 is 2.05 bits per heavy atom. The van der Waals surface area contributed by atoms with Gasteiger partial charge in [0.25, 0.3) is 0 Å². The molecule has 0 aromatic rings. The molecule has 2 aliphatic rings. The number of nitrogens with one attached hydrogen (secondary N) is 2. The Hall–Kier alpha value is -0.320. The number of likely N-dealkylation sites (tertiary alicyclic amines) is 1. The van der Waals surface area contributed by atoms with Gasteiger partial charge in [0.15, 0.2) is 0 Å². The summed E-state index contributed by atoms with van der Waals surface area (Å²) in [4.78, 5) is 14.5. The fourth-order valence-electron chi connectivity index (χ4n) is 3.07. The number of fused-ring (bicyclic) bond motifs is 1. The van der Waals surface area contributed by atoms with Crippen molar-refractivity contribution in [3.63, 3.8) is 0 Å². The van der Waals surface area contributed by atoms with Crippen molar-refractivity contribution in [3.05, 3.63) is 0 Å². The topological polar surface area (TPSA) is 44.4 Å². The van der Waals surface area contributed by atoms with Gasteiger partial charge in [-0.3, -0.25) is 9.69 Å². The van der Waals surface area contributed by atoms with E-state index in [0.717, 1.165) is 25.6 Å². The van der Waals surface area contributed by atoms with Crippen molar-refractivity contribution in [1.82, 2.24) is 15.5 Å². The summed E-state index contributed by atoms with van der Waals surface area (Å²) in [5, 5.41) is 6.64. The normalized spacial score (nSPS) is 29.3. The van der Waals surface area contributed by atoms with Crippen molar-refractivity contribution in [2.24, 2.45) is 5.92 Å². The number of rotatable bonds is 2. The summed E-state index contributed by atoms with van der Waals surface area (Å²) in [6.45, 7) is 11.4. The van der Waals surface area contributed by atoms with Gasteiger partial charge in [-0.2, -0.15) is 0 Å². The predicted octanol–water partition coefficient (Wildman–Crippen LogP) is 1.40. The summed E-state index contributed by atoms with van der Waals surface area (Å²) in [5.74, 6) is 0.899. The number of halogens is 1. The van der Waals surface area contributed by atoms with Crippen LogP contribution in [-0.4, -0.2) is 48.1 Å². The maximum Gasteiger partial charge on any atom is 0.237 e. The molecule has 0 aromatic carbocycles. The van der Waals surface area contributed by atoms with Gasteiger partial charge in [-0.15, -0.1) is 12.4 Å². The second-order valence-electron chi connectivity index (χ2n) is 6.81. The fourth-order valence-corrected chi connectivity index (χ4v) is 3.07. The third-order valence-electron chi connectivity index (χ3n) is 4.11. The second-order valence-corrected chi connectivity index (χ2v) is 6.81. The Labute approximate surface area is 123 Å². The molecule has 4 nitrogen and oxygen atoms in total. The quantitative estimate of drug-likeness (QED) is 0.808. The third-order valence-corrected chi connectivity index (χ3v) is 4.11. The van der Waals surface area contributed by atoms with Crippen LogP contribution in [0.1, 0.15) is 40.5 Å². The highest BCUT2D eigenvalue weighted by Crippen LogP contribution is 2.25. The molecule has 5 heteroatoms. The summed E-state index contributed by atoms with van der Waals surface area (Å²) in [7, 11) is 0. The van der Waals surface area contributed by atoms with Gasteiger partial charge >= 0.3 is 0 Å². The van der Waals surface area contributed by atoms with Gasteiger partial charge < -0.3 is 10.6 Å². The monoisotopic (exact) mass is 289 g/mol. The van der Waals surface area contributed by atoms with E-state index in [2.05, 4.69) is 15.5 Å². The molecule has 2 aliphatic heterocycles. The smallest absolute Gasteiger partial charge is 0.237 e. The van der Waals surface area contributed by atoms with Gasteiger partial charge in [0.05, 0.1) is 6.04 Å². The van der Waals surface area contributed by atoms with Crippen LogP contribution in [0.5, 0.6) is 0 Å². The van der Waals surface area contributed by atoms with E-state index in [0.29, 0.717) is 6.04 Å². The van der Waals surface area contributed by atoms with Crippen molar-refractivity contribution in [3.8, 4) is 0 Å². The number of hydrogen-bond acceptors (Lipinski definition) is 3. The van der Waals surface area contributed by atoms with E-state index in [-0.39, 0.29) is 29.9 Å². The van der Waals surface area contributed by atoms with Crippen LogP contribution in [0.3, 0.4) is 0 Å². The van der Waals surface area contributed by atoms with Gasteiger partial charge in [0, 0.05) is 24.7 Å². The standard InChI is InChI=1S/C14H27N3O.ClH/c1-10(13(18)16-14(2,3)4)17-8-6-12-11(9-17)5-7-15-12;/h10-12,15H,5-9H2,1-4H3,(H,16,18);1H. The van der Waals surface area contributed by atoms with Crippen LogP contribution in [-0.2, 0) is 4.79 Å². The van der Waals surface area contributed by atoms with Crippen LogP contribution in [0.4, 0.5) is 0 Å². The molecule has 112 valence electrons. The molecule has 2 N–H and O–H groups in total. The third kappa shape index (κ3) is 4.33. The molecule has 0 spiro atoms. The summed E-state index contributed by atoms with van der Waals surface area (Å²) < 4.78 is 0. The van der Waals surface area contributed by atoms with Crippen LogP contribution < -0.4 is 10.6 Å². The van der Waals surface area contributed by atoms with E-state index < -0.39 is 0 Å². The minimum Gasteiger partial charge on any atom is -0.350 e. The van der Waals surface area contributed by atoms with Crippen LogP contribution in [0.25, 0.3) is 0 Å². The molecular formula is C14H28ClN3O. The summed E-state index contributed by atoms with van der Waals surface area (Å²) >= 11 is 0. The van der Waals surface area contributed by atoms with E-state index >= 15 is 0 Å². The highest BCUT2D eigenvalue weighted by molar-refractivity contribution is 5.85. The fraction of sp³-hybridized carbons (Fsp3) is 0.929. The van der Waals surface area contributed by atoms with Crippen molar-refractivity contribution >= 4 is 18.3 Å². The molecule has 2 saturated heterocycles. The van der Waals surface area contributed by atoms with E-state index in [9.17, 15) is 4.79 Å². The van der Waals surface area contributed by atoms with Crippen molar-refractivity contribution in [2.45, 2.75) is 58.2 Å². The Morgan fingerprint density at radius 3 is 2.68 bits per heavy atom. The number of amides is 1. The van der Waals surface area contributed by atoms with Gasteiger partial charge in [-0.05, 0) is 53.0 Å². The Bertz CT molecular complexity index is 316. The summed E-state index contributed by atoms with van der Waals surface area (Å²) in [6, 6.07) is 0.685. The molecule has 0 bridgehead atoms.